The fourth-order valence-corrected chi connectivity index (χ4v) is 2.28. The number of rotatable bonds is 4. The predicted molar refractivity (Wildman–Crippen MR) is 101 cm³/mol. The zero-order chi connectivity index (χ0) is 17.5. The molecule has 1 amide bonds. The summed E-state index contributed by atoms with van der Waals surface area (Å²) in [7, 11) is 0. The van der Waals surface area contributed by atoms with E-state index in [2.05, 4.69) is 15.6 Å². The van der Waals surface area contributed by atoms with Crippen LogP contribution in [0, 0.1) is 0 Å². The van der Waals surface area contributed by atoms with Gasteiger partial charge in [-0.25, -0.2) is 0 Å². The van der Waals surface area contributed by atoms with E-state index in [4.69, 9.17) is 17.0 Å². The molecule has 0 aliphatic carbocycles. The van der Waals surface area contributed by atoms with Crippen LogP contribution in [-0.4, -0.2) is 16.0 Å². The van der Waals surface area contributed by atoms with E-state index in [-0.39, 0.29) is 11.0 Å². The Morgan fingerprint density at radius 3 is 2.32 bits per heavy atom. The van der Waals surface area contributed by atoms with Gasteiger partial charge in [-0.3, -0.25) is 15.1 Å². The van der Waals surface area contributed by atoms with Crippen molar-refractivity contribution in [2.75, 3.05) is 5.32 Å². The second-order valence-corrected chi connectivity index (χ2v) is 5.50. The van der Waals surface area contributed by atoms with E-state index in [1.54, 1.807) is 18.3 Å². The lowest BCUT2D eigenvalue weighted by Crippen LogP contribution is -2.34. The number of hydrogen-bond donors (Lipinski definition) is 2. The first-order valence-corrected chi connectivity index (χ1v) is 7.97. The zero-order valence-corrected chi connectivity index (χ0v) is 14.0. The molecule has 0 aliphatic rings. The standard InChI is InChI=1S/C19H15N3O2S/c23-18(14-5-4-12-20-13-14)22-19(25)21-15-8-10-17(11-9-15)24-16-6-2-1-3-7-16/h1-13H,(H2,21,22,23,25). The van der Waals surface area contributed by atoms with Crippen molar-refractivity contribution in [3.63, 3.8) is 0 Å². The van der Waals surface area contributed by atoms with Crippen molar-refractivity contribution in [2.24, 2.45) is 0 Å². The summed E-state index contributed by atoms with van der Waals surface area (Å²) in [5.41, 5.74) is 1.19. The minimum absolute atomic E-state index is 0.214. The summed E-state index contributed by atoms with van der Waals surface area (Å²) in [5.74, 6) is 1.17. The molecule has 0 radical (unpaired) electrons. The summed E-state index contributed by atoms with van der Waals surface area (Å²) in [4.78, 5) is 15.9. The molecule has 3 aromatic rings. The molecule has 0 fully saturated rings. The number of amides is 1. The van der Waals surface area contributed by atoms with Crippen LogP contribution in [-0.2, 0) is 0 Å². The Morgan fingerprint density at radius 1 is 0.920 bits per heavy atom. The molecule has 0 unspecified atom stereocenters. The van der Waals surface area contributed by atoms with Crippen LogP contribution >= 0.6 is 12.2 Å². The van der Waals surface area contributed by atoms with Crippen LogP contribution in [0.15, 0.2) is 79.1 Å². The number of aromatic nitrogens is 1. The molecule has 1 aromatic heterocycles. The topological polar surface area (TPSA) is 63.2 Å². The van der Waals surface area contributed by atoms with Crippen molar-refractivity contribution in [1.82, 2.24) is 10.3 Å². The first kappa shape index (κ1) is 16.6. The van der Waals surface area contributed by atoms with Crippen LogP contribution in [0.5, 0.6) is 11.5 Å². The number of anilines is 1. The minimum Gasteiger partial charge on any atom is -0.457 e. The highest BCUT2D eigenvalue weighted by molar-refractivity contribution is 7.80. The zero-order valence-electron chi connectivity index (χ0n) is 13.2. The van der Waals surface area contributed by atoms with Crippen LogP contribution in [0.25, 0.3) is 0 Å². The lowest BCUT2D eigenvalue weighted by atomic mass is 10.3. The fourth-order valence-electron chi connectivity index (χ4n) is 2.07. The van der Waals surface area contributed by atoms with Crippen LogP contribution in [0.1, 0.15) is 10.4 Å². The number of ether oxygens (including phenoxy) is 1. The van der Waals surface area contributed by atoms with E-state index in [1.165, 1.54) is 6.20 Å². The maximum atomic E-state index is 12.0. The van der Waals surface area contributed by atoms with Gasteiger partial charge in [0.15, 0.2) is 5.11 Å². The van der Waals surface area contributed by atoms with Crippen molar-refractivity contribution < 1.29 is 9.53 Å². The maximum Gasteiger partial charge on any atom is 0.258 e. The number of nitrogens with zero attached hydrogens (tertiary/aromatic N) is 1. The molecule has 25 heavy (non-hydrogen) atoms. The lowest BCUT2D eigenvalue weighted by Gasteiger charge is -2.10. The van der Waals surface area contributed by atoms with Crippen LogP contribution in [0.2, 0.25) is 0 Å². The highest BCUT2D eigenvalue weighted by Crippen LogP contribution is 2.22. The van der Waals surface area contributed by atoms with Crippen molar-refractivity contribution in [3.8, 4) is 11.5 Å². The van der Waals surface area contributed by atoms with Gasteiger partial charge in [0.2, 0.25) is 0 Å². The average molecular weight is 349 g/mol. The number of para-hydroxylation sites is 1. The summed E-state index contributed by atoms with van der Waals surface area (Å²) >= 11 is 5.16. The summed E-state index contributed by atoms with van der Waals surface area (Å²) in [6.07, 6.45) is 3.08. The summed E-state index contributed by atoms with van der Waals surface area (Å²) in [6.45, 7) is 0. The number of thiocarbonyl (C=S) groups is 1. The molecule has 2 aromatic carbocycles. The minimum atomic E-state index is -0.311. The average Bonchev–Trinajstić information content (AvgIpc) is 2.65. The summed E-state index contributed by atoms with van der Waals surface area (Å²) in [6, 6.07) is 20.2. The molecule has 0 saturated heterocycles. The maximum absolute atomic E-state index is 12.0. The molecule has 0 bridgehead atoms. The molecule has 124 valence electrons. The molecule has 5 nitrogen and oxygen atoms in total. The number of carbonyl (C=O) groups excluding carboxylic acids is 1. The second kappa shape index (κ2) is 8.03. The third-order valence-electron chi connectivity index (χ3n) is 3.24. The van der Waals surface area contributed by atoms with E-state index >= 15 is 0 Å². The SMILES string of the molecule is O=C(NC(=S)Nc1ccc(Oc2ccccc2)cc1)c1cccnc1. The first-order chi connectivity index (χ1) is 12.2. The molecule has 3 rings (SSSR count). The molecule has 6 heteroatoms. The van der Waals surface area contributed by atoms with Gasteiger partial charge in [-0.2, -0.15) is 0 Å². The third-order valence-corrected chi connectivity index (χ3v) is 3.45. The molecular formula is C19H15N3O2S. The molecule has 0 saturated carbocycles. The number of pyridine rings is 1. The molecule has 0 atom stereocenters. The Morgan fingerprint density at radius 2 is 1.64 bits per heavy atom. The quantitative estimate of drug-likeness (QED) is 0.697. The Labute approximate surface area is 150 Å². The van der Waals surface area contributed by atoms with Gasteiger partial charge in [0.25, 0.3) is 5.91 Å². The van der Waals surface area contributed by atoms with Crippen LogP contribution in [0.4, 0.5) is 5.69 Å². The highest BCUT2D eigenvalue weighted by Gasteiger charge is 2.07. The van der Waals surface area contributed by atoms with Crippen LogP contribution in [0.3, 0.4) is 0 Å². The Hall–Kier alpha value is -3.25. The Bertz CT molecular complexity index is 853. The summed E-state index contributed by atoms with van der Waals surface area (Å²) < 4.78 is 5.72. The predicted octanol–water partition coefficient (Wildman–Crippen LogP) is 4.00. The van der Waals surface area contributed by atoms with E-state index in [0.29, 0.717) is 11.3 Å². The fraction of sp³-hybridized carbons (Fsp3) is 0. The molecule has 1 heterocycles. The molecular weight excluding hydrogens is 334 g/mol. The highest BCUT2D eigenvalue weighted by atomic mass is 32.1. The molecule has 0 spiro atoms. The monoisotopic (exact) mass is 349 g/mol. The van der Waals surface area contributed by atoms with Gasteiger partial charge >= 0.3 is 0 Å². The third kappa shape index (κ3) is 4.86. The van der Waals surface area contributed by atoms with Gasteiger partial charge < -0.3 is 10.1 Å². The van der Waals surface area contributed by atoms with Crippen molar-refractivity contribution in [2.45, 2.75) is 0 Å². The summed E-state index contributed by atoms with van der Waals surface area (Å²) in [5, 5.41) is 5.78. The number of benzene rings is 2. The van der Waals surface area contributed by atoms with Gasteiger partial charge in [0, 0.05) is 18.1 Å². The van der Waals surface area contributed by atoms with E-state index in [1.807, 2.05) is 54.6 Å². The van der Waals surface area contributed by atoms with Crippen LogP contribution < -0.4 is 15.4 Å². The largest absolute Gasteiger partial charge is 0.457 e. The van der Waals surface area contributed by atoms with Gasteiger partial charge in [0.05, 0.1) is 5.56 Å². The van der Waals surface area contributed by atoms with Crippen molar-refractivity contribution >= 4 is 28.9 Å². The van der Waals surface area contributed by atoms with E-state index < -0.39 is 0 Å². The van der Waals surface area contributed by atoms with Gasteiger partial charge in [-0.15, -0.1) is 0 Å². The number of hydrogen-bond acceptors (Lipinski definition) is 4. The lowest BCUT2D eigenvalue weighted by molar-refractivity contribution is 0.0977. The normalized spacial score (nSPS) is 9.92. The van der Waals surface area contributed by atoms with Crippen molar-refractivity contribution in [1.29, 1.82) is 0 Å². The van der Waals surface area contributed by atoms with Gasteiger partial charge in [-0.1, -0.05) is 18.2 Å². The smallest absolute Gasteiger partial charge is 0.258 e. The number of nitrogens with one attached hydrogen (secondary N) is 2. The molecule has 2 N–H and O–H groups in total. The second-order valence-electron chi connectivity index (χ2n) is 5.09. The Kier molecular flexibility index (Phi) is 5.33. The van der Waals surface area contributed by atoms with Crippen molar-refractivity contribution in [3.05, 3.63) is 84.7 Å². The Balaban J connectivity index is 1.56. The first-order valence-electron chi connectivity index (χ1n) is 7.56. The number of carbonyl (C=O) groups is 1. The van der Waals surface area contributed by atoms with E-state index in [0.717, 1.165) is 11.4 Å². The van der Waals surface area contributed by atoms with Gasteiger partial charge in [0.1, 0.15) is 11.5 Å². The van der Waals surface area contributed by atoms with E-state index in [9.17, 15) is 4.79 Å². The molecule has 0 aliphatic heterocycles. The van der Waals surface area contributed by atoms with Gasteiger partial charge in [-0.05, 0) is 60.7 Å².